The maximum absolute atomic E-state index is 12.3. The van der Waals surface area contributed by atoms with E-state index in [4.69, 9.17) is 0 Å². The first-order valence-electron chi connectivity index (χ1n) is 6.87. The smallest absolute Gasteiger partial charge is 0.249 e. The number of fused-ring (bicyclic) bond motifs is 3. The molecule has 0 saturated heterocycles. The van der Waals surface area contributed by atoms with E-state index >= 15 is 0 Å². The van der Waals surface area contributed by atoms with Gasteiger partial charge in [-0.05, 0) is 18.2 Å². The summed E-state index contributed by atoms with van der Waals surface area (Å²) < 4.78 is 0. The van der Waals surface area contributed by atoms with Gasteiger partial charge in [-0.15, -0.1) is 11.8 Å². The van der Waals surface area contributed by atoms with Crippen molar-refractivity contribution in [2.24, 2.45) is 11.0 Å². The lowest BCUT2D eigenvalue weighted by Crippen LogP contribution is -2.40. The molecule has 3 heterocycles. The average Bonchev–Trinajstić information content (AvgIpc) is 2.55. The number of amides is 1. The second-order valence-electron chi connectivity index (χ2n) is 5.09. The molecule has 2 aromatic rings. The minimum atomic E-state index is 0.0161. The van der Waals surface area contributed by atoms with Crippen molar-refractivity contribution in [3.8, 4) is 0 Å². The quantitative estimate of drug-likeness (QED) is 0.812. The fourth-order valence-electron chi connectivity index (χ4n) is 2.70. The number of benzene rings is 1. The van der Waals surface area contributed by atoms with E-state index in [1.165, 1.54) is 9.90 Å². The Morgan fingerprint density at radius 2 is 2.00 bits per heavy atom. The maximum Gasteiger partial charge on any atom is 0.249 e. The van der Waals surface area contributed by atoms with Gasteiger partial charge in [0.2, 0.25) is 5.91 Å². The predicted octanol–water partition coefficient (Wildman–Crippen LogP) is 2.94. The summed E-state index contributed by atoms with van der Waals surface area (Å²) in [6.07, 6.45) is 2.18. The summed E-state index contributed by atoms with van der Waals surface area (Å²) in [6.45, 7) is 0. The van der Waals surface area contributed by atoms with Crippen LogP contribution in [0.5, 0.6) is 0 Å². The SMILES string of the molecule is O=C1CC2CSc3ccccc3C2=NN1c1ccccn1. The van der Waals surface area contributed by atoms with Gasteiger partial charge < -0.3 is 0 Å². The molecular weight excluding hydrogens is 282 g/mol. The Morgan fingerprint density at radius 3 is 2.86 bits per heavy atom. The molecule has 4 nitrogen and oxygen atoms in total. The van der Waals surface area contributed by atoms with Crippen LogP contribution in [0.4, 0.5) is 5.82 Å². The van der Waals surface area contributed by atoms with Crippen LogP contribution in [0.25, 0.3) is 0 Å². The van der Waals surface area contributed by atoms with Crippen LogP contribution in [0.1, 0.15) is 12.0 Å². The molecule has 1 aromatic heterocycles. The highest BCUT2D eigenvalue weighted by Gasteiger charge is 2.35. The van der Waals surface area contributed by atoms with Gasteiger partial charge in [-0.3, -0.25) is 4.79 Å². The minimum absolute atomic E-state index is 0.0161. The molecule has 4 rings (SSSR count). The Hall–Kier alpha value is -2.14. The molecule has 5 heteroatoms. The van der Waals surface area contributed by atoms with E-state index in [1.54, 1.807) is 18.0 Å². The minimum Gasteiger partial charge on any atom is -0.272 e. The Bertz CT molecular complexity index is 729. The molecule has 21 heavy (non-hydrogen) atoms. The van der Waals surface area contributed by atoms with E-state index in [0.29, 0.717) is 12.2 Å². The Balaban J connectivity index is 1.82. The van der Waals surface area contributed by atoms with Crippen molar-refractivity contribution >= 4 is 29.2 Å². The van der Waals surface area contributed by atoms with Crippen molar-refractivity contribution in [1.82, 2.24) is 4.98 Å². The first-order valence-corrected chi connectivity index (χ1v) is 7.86. The summed E-state index contributed by atoms with van der Waals surface area (Å²) >= 11 is 1.81. The van der Waals surface area contributed by atoms with Crippen molar-refractivity contribution in [2.45, 2.75) is 11.3 Å². The van der Waals surface area contributed by atoms with E-state index in [1.807, 2.05) is 30.3 Å². The largest absolute Gasteiger partial charge is 0.272 e. The fourth-order valence-corrected chi connectivity index (χ4v) is 3.86. The van der Waals surface area contributed by atoms with Gasteiger partial charge in [0.25, 0.3) is 0 Å². The first kappa shape index (κ1) is 12.6. The van der Waals surface area contributed by atoms with E-state index in [-0.39, 0.29) is 11.8 Å². The summed E-state index contributed by atoms with van der Waals surface area (Å²) in [7, 11) is 0. The number of pyridine rings is 1. The lowest BCUT2D eigenvalue weighted by atomic mass is 9.93. The van der Waals surface area contributed by atoms with Crippen molar-refractivity contribution in [3.05, 3.63) is 54.2 Å². The molecule has 2 aliphatic rings. The summed E-state index contributed by atoms with van der Waals surface area (Å²) in [5.74, 6) is 1.72. The molecule has 2 aliphatic heterocycles. The van der Waals surface area contributed by atoms with Crippen LogP contribution in [0, 0.1) is 5.92 Å². The van der Waals surface area contributed by atoms with Gasteiger partial charge in [-0.25, -0.2) is 4.98 Å². The molecule has 1 unspecified atom stereocenters. The second-order valence-corrected chi connectivity index (χ2v) is 6.15. The van der Waals surface area contributed by atoms with Crippen LogP contribution < -0.4 is 5.01 Å². The number of hydrogen-bond donors (Lipinski definition) is 0. The summed E-state index contributed by atoms with van der Waals surface area (Å²) in [5.41, 5.74) is 2.15. The average molecular weight is 295 g/mol. The van der Waals surface area contributed by atoms with Gasteiger partial charge in [0.15, 0.2) is 5.82 Å². The van der Waals surface area contributed by atoms with Gasteiger partial charge in [0.05, 0.1) is 5.71 Å². The molecule has 0 fully saturated rings. The van der Waals surface area contributed by atoms with Gasteiger partial charge in [-0.2, -0.15) is 10.1 Å². The normalized spacial score (nSPS) is 20.6. The second kappa shape index (κ2) is 5.00. The number of carbonyl (C=O) groups excluding carboxylic acids is 1. The maximum atomic E-state index is 12.3. The molecular formula is C16H13N3OS. The Morgan fingerprint density at radius 1 is 1.14 bits per heavy atom. The van der Waals surface area contributed by atoms with Crippen LogP contribution >= 0.6 is 11.8 Å². The predicted molar refractivity (Wildman–Crippen MR) is 83.5 cm³/mol. The van der Waals surface area contributed by atoms with Crippen LogP contribution in [0.3, 0.4) is 0 Å². The molecule has 0 saturated carbocycles. The molecule has 104 valence electrons. The number of thioether (sulfide) groups is 1. The monoisotopic (exact) mass is 295 g/mol. The Labute approximate surface area is 126 Å². The third-order valence-corrected chi connectivity index (χ3v) is 4.96. The topological polar surface area (TPSA) is 45.6 Å². The highest BCUT2D eigenvalue weighted by atomic mass is 32.2. The third-order valence-electron chi connectivity index (χ3n) is 3.72. The van der Waals surface area contributed by atoms with Crippen LogP contribution in [0.15, 0.2) is 58.7 Å². The lowest BCUT2D eigenvalue weighted by Gasteiger charge is -2.32. The molecule has 0 bridgehead atoms. The molecule has 1 atom stereocenters. The zero-order chi connectivity index (χ0) is 14.2. The third kappa shape index (κ3) is 2.14. The molecule has 0 N–H and O–H groups in total. The molecule has 1 amide bonds. The van der Waals surface area contributed by atoms with Crippen LogP contribution in [-0.4, -0.2) is 22.4 Å². The van der Waals surface area contributed by atoms with Gasteiger partial charge in [0, 0.05) is 34.7 Å². The number of hydrazone groups is 1. The van der Waals surface area contributed by atoms with Crippen molar-refractivity contribution in [3.63, 3.8) is 0 Å². The first-order chi connectivity index (χ1) is 10.3. The summed E-state index contributed by atoms with van der Waals surface area (Å²) in [6, 6.07) is 13.8. The number of aromatic nitrogens is 1. The highest BCUT2D eigenvalue weighted by Crippen LogP contribution is 2.37. The lowest BCUT2D eigenvalue weighted by molar-refractivity contribution is -0.119. The number of nitrogens with zero attached hydrogens (tertiary/aromatic N) is 3. The fraction of sp³-hybridized carbons (Fsp3) is 0.188. The van der Waals surface area contributed by atoms with E-state index in [0.717, 1.165) is 17.0 Å². The molecule has 0 aliphatic carbocycles. The number of rotatable bonds is 1. The molecule has 0 spiro atoms. The van der Waals surface area contributed by atoms with E-state index < -0.39 is 0 Å². The number of anilines is 1. The van der Waals surface area contributed by atoms with Crippen molar-refractivity contribution < 1.29 is 4.79 Å². The molecule has 1 aromatic carbocycles. The zero-order valence-corrected chi connectivity index (χ0v) is 12.1. The standard InChI is InChI=1S/C16H13N3OS/c20-15-9-11-10-21-13-6-2-1-5-12(13)16(11)18-19(15)14-7-3-4-8-17-14/h1-8,11H,9-10H2. The Kier molecular flexibility index (Phi) is 3.00. The van der Waals surface area contributed by atoms with Gasteiger partial charge in [0.1, 0.15) is 0 Å². The number of carbonyl (C=O) groups is 1. The summed E-state index contributed by atoms with van der Waals surface area (Å²) in [4.78, 5) is 17.8. The van der Waals surface area contributed by atoms with E-state index in [9.17, 15) is 4.79 Å². The van der Waals surface area contributed by atoms with Crippen LogP contribution in [0.2, 0.25) is 0 Å². The van der Waals surface area contributed by atoms with Crippen molar-refractivity contribution in [2.75, 3.05) is 10.8 Å². The number of hydrogen-bond acceptors (Lipinski definition) is 4. The van der Waals surface area contributed by atoms with Crippen molar-refractivity contribution in [1.29, 1.82) is 0 Å². The highest BCUT2D eigenvalue weighted by molar-refractivity contribution is 7.99. The van der Waals surface area contributed by atoms with Gasteiger partial charge in [-0.1, -0.05) is 24.3 Å². The summed E-state index contributed by atoms with van der Waals surface area (Å²) in [5, 5.41) is 6.06. The van der Waals surface area contributed by atoms with E-state index in [2.05, 4.69) is 22.2 Å². The molecule has 0 radical (unpaired) electrons. The van der Waals surface area contributed by atoms with Crippen LogP contribution in [-0.2, 0) is 4.79 Å². The zero-order valence-electron chi connectivity index (χ0n) is 11.3. The van der Waals surface area contributed by atoms with Gasteiger partial charge >= 0.3 is 0 Å².